The molecule has 1 aliphatic rings. The van der Waals surface area contributed by atoms with Crippen LogP contribution in [0.5, 0.6) is 0 Å². The topological polar surface area (TPSA) is 70.0 Å². The summed E-state index contributed by atoms with van der Waals surface area (Å²) in [5.41, 5.74) is 1.47. The predicted octanol–water partition coefficient (Wildman–Crippen LogP) is 2.49. The van der Waals surface area contributed by atoms with Crippen molar-refractivity contribution >= 4 is 26.7 Å². The van der Waals surface area contributed by atoms with E-state index in [1.807, 2.05) is 17.0 Å². The fourth-order valence-electron chi connectivity index (χ4n) is 2.95. The summed E-state index contributed by atoms with van der Waals surface area (Å²) in [6.07, 6.45) is 4.08. The third kappa shape index (κ3) is 7.13. The Bertz CT molecular complexity index is 587. The Labute approximate surface area is 158 Å². The molecular weight excluding hydrogens is 345 g/mol. The van der Waals surface area contributed by atoms with E-state index in [4.69, 9.17) is 4.74 Å². The highest BCUT2D eigenvalue weighted by Crippen LogP contribution is 2.27. The van der Waals surface area contributed by atoms with Gasteiger partial charge in [-0.1, -0.05) is 50.3 Å². The monoisotopic (exact) mass is 377 g/mol. The van der Waals surface area contributed by atoms with Gasteiger partial charge < -0.3 is 19.7 Å². The molecule has 1 fully saturated rings. The smallest absolute Gasteiger partial charge is 0.450 e. The summed E-state index contributed by atoms with van der Waals surface area (Å²) in [5.74, 6) is 0.588. The number of nitrogens with zero attached hydrogens (tertiary/aromatic N) is 1. The summed E-state index contributed by atoms with van der Waals surface area (Å²) >= 11 is 0. The van der Waals surface area contributed by atoms with E-state index < -0.39 is 15.2 Å². The molecule has 1 aromatic rings. The SMILES string of the molecule is C[Si](C)(C)CCOC(=O)N(CCc1cccc(B(O)O)c1)CC1CCC1. The Kier molecular flexibility index (Phi) is 7.73. The van der Waals surface area contributed by atoms with Crippen LogP contribution >= 0.6 is 0 Å². The summed E-state index contributed by atoms with van der Waals surface area (Å²) in [7, 11) is -2.68. The van der Waals surface area contributed by atoms with Gasteiger partial charge in [-0.15, -0.1) is 0 Å². The molecule has 0 radical (unpaired) electrons. The van der Waals surface area contributed by atoms with E-state index in [-0.39, 0.29) is 6.09 Å². The zero-order valence-electron chi connectivity index (χ0n) is 16.3. The van der Waals surface area contributed by atoms with E-state index in [0.717, 1.165) is 18.2 Å². The van der Waals surface area contributed by atoms with E-state index >= 15 is 0 Å². The third-order valence-electron chi connectivity index (χ3n) is 4.96. The second-order valence-corrected chi connectivity index (χ2v) is 14.2. The normalized spacial score (nSPS) is 14.7. The molecule has 2 N–H and O–H groups in total. The molecule has 1 aliphatic carbocycles. The summed E-state index contributed by atoms with van der Waals surface area (Å²) in [6, 6.07) is 8.21. The Morgan fingerprint density at radius 3 is 2.62 bits per heavy atom. The second kappa shape index (κ2) is 9.58. The number of amides is 1. The molecule has 5 nitrogen and oxygen atoms in total. The van der Waals surface area contributed by atoms with Gasteiger partial charge >= 0.3 is 13.2 Å². The molecule has 0 bridgehead atoms. The van der Waals surface area contributed by atoms with Crippen LogP contribution < -0.4 is 5.46 Å². The van der Waals surface area contributed by atoms with E-state index in [1.165, 1.54) is 19.3 Å². The van der Waals surface area contributed by atoms with E-state index in [2.05, 4.69) is 19.6 Å². The first-order valence-electron chi connectivity index (χ1n) is 9.61. The zero-order chi connectivity index (χ0) is 19.2. The quantitative estimate of drug-likeness (QED) is 0.649. The molecule has 0 spiro atoms. The van der Waals surface area contributed by atoms with Crippen molar-refractivity contribution in [2.24, 2.45) is 5.92 Å². The number of rotatable bonds is 9. The van der Waals surface area contributed by atoms with Crippen molar-refractivity contribution in [1.82, 2.24) is 4.90 Å². The van der Waals surface area contributed by atoms with Gasteiger partial charge in [0.1, 0.15) is 0 Å². The standard InChI is InChI=1S/C19H32BNO4Si/c1-26(2,3)13-12-25-19(22)21(15-17-7-4-8-17)11-10-16-6-5-9-18(14-16)20(23)24/h5-6,9,14,17,23-24H,4,7-8,10-13,15H2,1-3H3. The van der Waals surface area contributed by atoms with Gasteiger partial charge in [0, 0.05) is 21.2 Å². The van der Waals surface area contributed by atoms with Gasteiger partial charge in [-0.3, -0.25) is 0 Å². The summed E-state index contributed by atoms with van der Waals surface area (Å²) in [5, 5.41) is 18.6. The van der Waals surface area contributed by atoms with Gasteiger partial charge in [0.15, 0.2) is 0 Å². The van der Waals surface area contributed by atoms with Gasteiger partial charge in [-0.25, -0.2) is 4.79 Å². The van der Waals surface area contributed by atoms with Crippen LogP contribution in [-0.2, 0) is 11.2 Å². The van der Waals surface area contributed by atoms with Crippen LogP contribution in [0.3, 0.4) is 0 Å². The molecule has 0 atom stereocenters. The summed E-state index contributed by atoms with van der Waals surface area (Å²) in [4.78, 5) is 14.4. The first-order chi connectivity index (χ1) is 12.2. The molecule has 2 rings (SSSR count). The van der Waals surface area contributed by atoms with Gasteiger partial charge in [0.05, 0.1) is 6.61 Å². The fraction of sp³-hybridized carbons (Fsp3) is 0.632. The van der Waals surface area contributed by atoms with Crippen molar-refractivity contribution < 1.29 is 19.6 Å². The lowest BCUT2D eigenvalue weighted by atomic mass is 9.79. The highest BCUT2D eigenvalue weighted by atomic mass is 28.3. The van der Waals surface area contributed by atoms with E-state index in [9.17, 15) is 14.8 Å². The Hall–Kier alpha value is -1.31. The van der Waals surface area contributed by atoms with Crippen LogP contribution in [-0.4, -0.2) is 55.9 Å². The Morgan fingerprint density at radius 1 is 1.31 bits per heavy atom. The predicted molar refractivity (Wildman–Crippen MR) is 108 cm³/mol. The minimum Gasteiger partial charge on any atom is -0.450 e. The van der Waals surface area contributed by atoms with Crippen LogP contribution in [0.1, 0.15) is 24.8 Å². The first kappa shape index (κ1) is 21.0. The van der Waals surface area contributed by atoms with Crippen LogP contribution in [0.4, 0.5) is 4.79 Å². The van der Waals surface area contributed by atoms with E-state index in [0.29, 0.717) is 31.0 Å². The zero-order valence-corrected chi connectivity index (χ0v) is 17.3. The van der Waals surface area contributed by atoms with Crippen molar-refractivity contribution in [2.75, 3.05) is 19.7 Å². The molecule has 1 saturated carbocycles. The number of hydrogen-bond acceptors (Lipinski definition) is 4. The maximum absolute atomic E-state index is 12.5. The van der Waals surface area contributed by atoms with Crippen LogP contribution in [0.15, 0.2) is 24.3 Å². The summed E-state index contributed by atoms with van der Waals surface area (Å²) in [6.45, 7) is 8.67. The van der Waals surface area contributed by atoms with Crippen LogP contribution in [0.25, 0.3) is 0 Å². The minimum absolute atomic E-state index is 0.214. The Balaban J connectivity index is 1.91. The van der Waals surface area contributed by atoms with E-state index in [1.54, 1.807) is 12.1 Å². The molecule has 7 heteroatoms. The molecule has 1 amide bonds. The molecule has 0 aliphatic heterocycles. The van der Waals surface area contributed by atoms with Gasteiger partial charge in [-0.2, -0.15) is 0 Å². The molecule has 144 valence electrons. The summed E-state index contributed by atoms with van der Waals surface area (Å²) < 4.78 is 5.54. The minimum atomic E-state index is -1.47. The Morgan fingerprint density at radius 2 is 2.04 bits per heavy atom. The number of carbonyl (C=O) groups excluding carboxylic acids is 1. The lowest BCUT2D eigenvalue weighted by Crippen LogP contribution is -2.39. The molecule has 0 heterocycles. The maximum atomic E-state index is 12.5. The van der Waals surface area contributed by atoms with Crippen molar-refractivity contribution in [3.05, 3.63) is 29.8 Å². The van der Waals surface area contributed by atoms with Gasteiger partial charge in [-0.05, 0) is 42.3 Å². The molecule has 26 heavy (non-hydrogen) atoms. The van der Waals surface area contributed by atoms with Gasteiger partial charge in [0.25, 0.3) is 0 Å². The number of carbonyl (C=O) groups is 1. The second-order valence-electron chi connectivity index (χ2n) is 8.54. The van der Waals surface area contributed by atoms with Crippen molar-refractivity contribution in [2.45, 2.75) is 51.4 Å². The van der Waals surface area contributed by atoms with Gasteiger partial charge in [0.2, 0.25) is 0 Å². The third-order valence-corrected chi connectivity index (χ3v) is 6.66. The average Bonchev–Trinajstić information content (AvgIpc) is 2.52. The highest BCUT2D eigenvalue weighted by molar-refractivity contribution is 6.76. The molecule has 0 unspecified atom stereocenters. The highest BCUT2D eigenvalue weighted by Gasteiger charge is 2.25. The molecular formula is C19H32BNO4Si. The lowest BCUT2D eigenvalue weighted by Gasteiger charge is -2.32. The fourth-order valence-corrected chi connectivity index (χ4v) is 3.67. The van der Waals surface area contributed by atoms with Crippen molar-refractivity contribution in [3.8, 4) is 0 Å². The lowest BCUT2D eigenvalue weighted by molar-refractivity contribution is 0.0927. The van der Waals surface area contributed by atoms with Crippen LogP contribution in [0.2, 0.25) is 25.7 Å². The van der Waals surface area contributed by atoms with Crippen molar-refractivity contribution in [3.63, 3.8) is 0 Å². The average molecular weight is 377 g/mol. The van der Waals surface area contributed by atoms with Crippen LogP contribution in [0, 0.1) is 5.92 Å². The molecule has 1 aromatic carbocycles. The first-order valence-corrected chi connectivity index (χ1v) is 13.3. The number of hydrogen-bond donors (Lipinski definition) is 2. The number of benzene rings is 1. The molecule has 0 aromatic heterocycles. The van der Waals surface area contributed by atoms with Crippen molar-refractivity contribution in [1.29, 1.82) is 0 Å². The largest absolute Gasteiger partial charge is 0.488 e. The number of ether oxygens (including phenoxy) is 1. The maximum Gasteiger partial charge on any atom is 0.488 e. The molecule has 0 saturated heterocycles.